The standard InChI is InChI=1S/C17H26N2O3S2/c1-12(2)13(3)18-24(21,22)14-7-8-16(23-4)15(11-14)17(20)19-9-5-6-10-19/h7-8,11-13,18H,5-6,9-10H2,1-4H3/t13-/m0/s1. The molecule has 1 amide bonds. The van der Waals surface area contributed by atoms with E-state index in [0.717, 1.165) is 30.8 Å². The van der Waals surface area contributed by atoms with E-state index in [-0.39, 0.29) is 22.8 Å². The predicted octanol–water partition coefficient (Wildman–Crippen LogP) is 2.97. The van der Waals surface area contributed by atoms with Gasteiger partial charge in [0.25, 0.3) is 5.91 Å². The summed E-state index contributed by atoms with van der Waals surface area (Å²) in [6.07, 6.45) is 3.90. The van der Waals surface area contributed by atoms with Crippen LogP contribution in [0, 0.1) is 5.92 Å². The molecule has 0 radical (unpaired) electrons. The molecular formula is C17H26N2O3S2. The monoisotopic (exact) mass is 370 g/mol. The van der Waals surface area contributed by atoms with E-state index in [1.54, 1.807) is 17.0 Å². The zero-order valence-electron chi connectivity index (χ0n) is 14.7. The number of likely N-dealkylation sites (tertiary alicyclic amines) is 1. The highest BCUT2D eigenvalue weighted by Crippen LogP contribution is 2.26. The van der Waals surface area contributed by atoms with Gasteiger partial charge >= 0.3 is 0 Å². The Morgan fingerprint density at radius 2 is 1.83 bits per heavy atom. The Morgan fingerprint density at radius 3 is 2.38 bits per heavy atom. The summed E-state index contributed by atoms with van der Waals surface area (Å²) in [4.78, 5) is 15.5. The molecule has 0 bridgehead atoms. The number of carbonyl (C=O) groups is 1. The predicted molar refractivity (Wildman–Crippen MR) is 98.0 cm³/mol. The zero-order chi connectivity index (χ0) is 17.9. The fourth-order valence-corrected chi connectivity index (χ4v) is 4.55. The molecule has 1 aromatic carbocycles. The minimum absolute atomic E-state index is 0.0780. The molecule has 1 fully saturated rings. The van der Waals surface area contributed by atoms with Crippen LogP contribution in [0.4, 0.5) is 0 Å². The molecule has 1 atom stereocenters. The van der Waals surface area contributed by atoms with Crippen LogP contribution in [0.2, 0.25) is 0 Å². The summed E-state index contributed by atoms with van der Waals surface area (Å²) >= 11 is 1.46. The van der Waals surface area contributed by atoms with Crippen molar-refractivity contribution in [3.63, 3.8) is 0 Å². The van der Waals surface area contributed by atoms with Gasteiger partial charge in [0.15, 0.2) is 0 Å². The summed E-state index contributed by atoms with van der Waals surface area (Å²) in [7, 11) is -3.64. The van der Waals surface area contributed by atoms with Crippen LogP contribution in [-0.4, -0.2) is 44.6 Å². The van der Waals surface area contributed by atoms with E-state index in [4.69, 9.17) is 0 Å². The van der Waals surface area contributed by atoms with E-state index >= 15 is 0 Å². The van der Waals surface area contributed by atoms with Crippen molar-refractivity contribution < 1.29 is 13.2 Å². The minimum Gasteiger partial charge on any atom is -0.339 e. The van der Waals surface area contributed by atoms with Gasteiger partial charge in [0.05, 0.1) is 10.5 Å². The highest BCUT2D eigenvalue weighted by molar-refractivity contribution is 7.98. The quantitative estimate of drug-likeness (QED) is 0.782. The molecule has 1 aromatic rings. The molecule has 7 heteroatoms. The van der Waals surface area contributed by atoms with E-state index in [2.05, 4.69) is 4.72 Å². The van der Waals surface area contributed by atoms with Gasteiger partial charge in [-0.05, 0) is 50.1 Å². The molecule has 0 aromatic heterocycles. The van der Waals surface area contributed by atoms with Crippen LogP contribution in [0.1, 0.15) is 44.0 Å². The second-order valence-corrected chi connectivity index (χ2v) is 9.08. The van der Waals surface area contributed by atoms with Gasteiger partial charge < -0.3 is 4.90 Å². The number of nitrogens with zero attached hydrogens (tertiary/aromatic N) is 1. The molecule has 134 valence electrons. The Labute approximate surface area is 149 Å². The normalized spacial score (nSPS) is 16.6. The molecular weight excluding hydrogens is 344 g/mol. The lowest BCUT2D eigenvalue weighted by Gasteiger charge is -2.20. The van der Waals surface area contributed by atoms with Gasteiger partial charge in [-0.3, -0.25) is 4.79 Å². The maximum Gasteiger partial charge on any atom is 0.255 e. The Kier molecular flexibility index (Phi) is 6.33. The number of benzene rings is 1. The number of amides is 1. The molecule has 1 aliphatic heterocycles. The molecule has 0 saturated carbocycles. The lowest BCUT2D eigenvalue weighted by Crippen LogP contribution is -2.36. The zero-order valence-corrected chi connectivity index (χ0v) is 16.3. The molecule has 0 aliphatic carbocycles. The van der Waals surface area contributed by atoms with Gasteiger partial charge in [-0.15, -0.1) is 11.8 Å². The van der Waals surface area contributed by atoms with Crippen molar-refractivity contribution in [1.82, 2.24) is 9.62 Å². The van der Waals surface area contributed by atoms with Gasteiger partial charge in [0, 0.05) is 24.0 Å². The van der Waals surface area contributed by atoms with Crippen LogP contribution >= 0.6 is 11.8 Å². The van der Waals surface area contributed by atoms with Crippen molar-refractivity contribution >= 4 is 27.7 Å². The molecule has 1 N–H and O–H groups in total. The maximum atomic E-state index is 12.7. The number of thioether (sulfide) groups is 1. The number of rotatable bonds is 6. The van der Waals surface area contributed by atoms with Gasteiger partial charge in [0.2, 0.25) is 10.0 Å². The van der Waals surface area contributed by atoms with E-state index < -0.39 is 10.0 Å². The van der Waals surface area contributed by atoms with Gasteiger partial charge in [-0.1, -0.05) is 13.8 Å². The first-order valence-electron chi connectivity index (χ1n) is 8.26. The number of carbonyl (C=O) groups excluding carboxylic acids is 1. The van der Waals surface area contributed by atoms with Gasteiger partial charge in [0.1, 0.15) is 0 Å². The van der Waals surface area contributed by atoms with Crippen LogP contribution in [0.5, 0.6) is 0 Å². The highest BCUT2D eigenvalue weighted by atomic mass is 32.2. The third kappa shape index (κ3) is 4.32. The third-order valence-corrected chi connectivity index (χ3v) is 6.80. The average molecular weight is 371 g/mol. The van der Waals surface area contributed by atoms with E-state index in [0.29, 0.717) is 5.56 Å². The van der Waals surface area contributed by atoms with E-state index in [1.807, 2.05) is 27.0 Å². The summed E-state index contributed by atoms with van der Waals surface area (Å²) in [5.74, 6) is 0.113. The Bertz CT molecular complexity index is 696. The van der Waals surface area contributed by atoms with Crippen LogP contribution in [0.3, 0.4) is 0 Å². The van der Waals surface area contributed by atoms with Crippen molar-refractivity contribution in [3.05, 3.63) is 23.8 Å². The Balaban J connectivity index is 2.35. The van der Waals surface area contributed by atoms with Gasteiger partial charge in [-0.2, -0.15) is 0 Å². The highest BCUT2D eigenvalue weighted by Gasteiger charge is 2.25. The van der Waals surface area contributed by atoms with Crippen molar-refractivity contribution in [3.8, 4) is 0 Å². The largest absolute Gasteiger partial charge is 0.339 e. The lowest BCUT2D eigenvalue weighted by molar-refractivity contribution is 0.0789. The maximum absolute atomic E-state index is 12.7. The molecule has 1 heterocycles. The van der Waals surface area contributed by atoms with E-state index in [1.165, 1.54) is 17.8 Å². The smallest absolute Gasteiger partial charge is 0.255 e. The van der Waals surface area contributed by atoms with Gasteiger partial charge in [-0.25, -0.2) is 13.1 Å². The Morgan fingerprint density at radius 1 is 1.21 bits per heavy atom. The van der Waals surface area contributed by atoms with Crippen molar-refractivity contribution in [2.45, 2.75) is 49.4 Å². The molecule has 5 nitrogen and oxygen atoms in total. The summed E-state index contributed by atoms with van der Waals surface area (Å²) in [6.45, 7) is 7.26. The number of nitrogens with one attached hydrogen (secondary N) is 1. The molecule has 0 spiro atoms. The fourth-order valence-electron chi connectivity index (χ4n) is 2.56. The van der Waals surface area contributed by atoms with Crippen molar-refractivity contribution in [1.29, 1.82) is 0 Å². The van der Waals surface area contributed by atoms with Crippen molar-refractivity contribution in [2.24, 2.45) is 5.92 Å². The summed E-state index contributed by atoms with van der Waals surface area (Å²) in [6, 6.07) is 4.64. The summed E-state index contributed by atoms with van der Waals surface area (Å²) in [5, 5.41) is 0. The second-order valence-electron chi connectivity index (χ2n) is 6.52. The summed E-state index contributed by atoms with van der Waals surface area (Å²) in [5.41, 5.74) is 0.476. The number of hydrogen-bond donors (Lipinski definition) is 1. The lowest BCUT2D eigenvalue weighted by atomic mass is 10.1. The molecule has 0 unspecified atom stereocenters. The van der Waals surface area contributed by atoms with Crippen molar-refractivity contribution in [2.75, 3.05) is 19.3 Å². The molecule has 2 rings (SSSR count). The molecule has 1 saturated heterocycles. The second kappa shape index (κ2) is 7.89. The Hall–Kier alpha value is -1.05. The van der Waals surface area contributed by atoms with Crippen LogP contribution in [0.25, 0.3) is 0 Å². The topological polar surface area (TPSA) is 66.5 Å². The number of sulfonamides is 1. The fraction of sp³-hybridized carbons (Fsp3) is 0.588. The van der Waals surface area contributed by atoms with Crippen LogP contribution in [0.15, 0.2) is 28.0 Å². The third-order valence-electron chi connectivity index (χ3n) is 4.45. The molecule has 1 aliphatic rings. The number of hydrogen-bond acceptors (Lipinski definition) is 4. The van der Waals surface area contributed by atoms with E-state index in [9.17, 15) is 13.2 Å². The van der Waals surface area contributed by atoms with Crippen LogP contribution in [-0.2, 0) is 10.0 Å². The minimum atomic E-state index is -3.64. The summed E-state index contributed by atoms with van der Waals surface area (Å²) < 4.78 is 27.9. The average Bonchev–Trinajstić information content (AvgIpc) is 3.07. The first-order valence-corrected chi connectivity index (χ1v) is 11.0. The SMILES string of the molecule is CSc1ccc(S(=O)(=O)N[C@@H](C)C(C)C)cc1C(=O)N1CCCC1. The molecule has 24 heavy (non-hydrogen) atoms. The van der Waals surface area contributed by atoms with Crippen LogP contribution < -0.4 is 4.72 Å². The first-order chi connectivity index (χ1) is 11.3. The first kappa shape index (κ1) is 19.3.